The normalized spacial score (nSPS) is 23.2. The molecule has 0 saturated heterocycles. The van der Waals surface area contributed by atoms with Crippen molar-refractivity contribution in [1.29, 1.82) is 0 Å². The Hall–Kier alpha value is -1.75. The van der Waals surface area contributed by atoms with E-state index in [9.17, 15) is 9.59 Å². The van der Waals surface area contributed by atoms with Gasteiger partial charge in [-0.05, 0) is 24.5 Å². The average Bonchev–Trinajstić information content (AvgIpc) is 3.18. The third-order valence-corrected chi connectivity index (χ3v) is 3.89. The van der Waals surface area contributed by atoms with Crippen LogP contribution in [0.5, 0.6) is 11.5 Å². The minimum Gasteiger partial charge on any atom is -0.486 e. The van der Waals surface area contributed by atoms with Gasteiger partial charge in [0, 0.05) is 12.0 Å². The zero-order valence-electron chi connectivity index (χ0n) is 10.6. The first kappa shape index (κ1) is 13.2. The summed E-state index contributed by atoms with van der Waals surface area (Å²) < 4.78 is 10.8. The Labute approximate surface area is 120 Å². The number of carboxylic acids is 1. The van der Waals surface area contributed by atoms with Crippen molar-refractivity contribution in [1.82, 2.24) is 0 Å². The lowest BCUT2D eigenvalue weighted by molar-refractivity contribution is -0.138. The van der Waals surface area contributed by atoms with Gasteiger partial charge >= 0.3 is 5.97 Å². The number of hydrogen-bond acceptors (Lipinski definition) is 4. The summed E-state index contributed by atoms with van der Waals surface area (Å²) in [6.07, 6.45) is 0.798. The maximum absolute atomic E-state index is 12.2. The molecule has 106 valence electrons. The number of carbonyl (C=O) groups is 2. The number of rotatable bonds is 4. The van der Waals surface area contributed by atoms with Gasteiger partial charge in [-0.2, -0.15) is 0 Å². The molecule has 5 nitrogen and oxygen atoms in total. The average molecular weight is 297 g/mol. The van der Waals surface area contributed by atoms with Gasteiger partial charge < -0.3 is 14.6 Å². The monoisotopic (exact) mass is 296 g/mol. The van der Waals surface area contributed by atoms with Crippen LogP contribution in [0.1, 0.15) is 23.2 Å². The third kappa shape index (κ3) is 2.45. The maximum Gasteiger partial charge on any atom is 0.306 e. The van der Waals surface area contributed by atoms with Gasteiger partial charge in [-0.25, -0.2) is 0 Å². The number of hydrogen-bond donors (Lipinski definition) is 1. The molecule has 0 aromatic heterocycles. The first-order valence-corrected chi connectivity index (χ1v) is 6.79. The summed E-state index contributed by atoms with van der Waals surface area (Å²) in [5.74, 6) is -0.457. The van der Waals surface area contributed by atoms with Gasteiger partial charge in [-0.15, -0.1) is 0 Å². The zero-order valence-corrected chi connectivity index (χ0v) is 11.4. The Morgan fingerprint density at radius 2 is 2.05 bits per heavy atom. The van der Waals surface area contributed by atoms with Gasteiger partial charge in [0.05, 0.1) is 10.9 Å². The maximum atomic E-state index is 12.2. The number of Topliss-reactive ketones (excluding diaryl/α,β-unsaturated/α-hetero) is 1. The van der Waals surface area contributed by atoms with Crippen LogP contribution >= 0.6 is 11.6 Å². The summed E-state index contributed by atoms with van der Waals surface area (Å²) in [5.41, 5.74) is 0.440. The third-order valence-electron chi connectivity index (χ3n) is 3.61. The number of carbonyl (C=O) groups excluding carboxylic acids is 1. The molecule has 0 unspecified atom stereocenters. The summed E-state index contributed by atoms with van der Waals surface area (Å²) in [7, 11) is 0. The molecule has 0 radical (unpaired) electrons. The number of aliphatic carboxylic acids is 1. The van der Waals surface area contributed by atoms with Crippen LogP contribution in [0.15, 0.2) is 12.1 Å². The summed E-state index contributed by atoms with van der Waals surface area (Å²) in [4.78, 5) is 22.9. The van der Waals surface area contributed by atoms with E-state index in [0.29, 0.717) is 41.7 Å². The van der Waals surface area contributed by atoms with Crippen LogP contribution in [0.4, 0.5) is 0 Å². The fourth-order valence-corrected chi connectivity index (χ4v) is 2.67. The van der Waals surface area contributed by atoms with Crippen LogP contribution in [-0.2, 0) is 4.79 Å². The largest absolute Gasteiger partial charge is 0.486 e. The standard InChI is InChI=1S/C14H13ClO5/c15-10-4-8(6-12-13(10)20-2-1-19-12)11(16)5-7-3-9(7)14(17)18/h4,6-7,9H,1-3,5H2,(H,17,18)/t7-,9+/m1/s1. The Balaban J connectivity index is 1.75. The quantitative estimate of drug-likeness (QED) is 0.864. The van der Waals surface area contributed by atoms with Crippen LogP contribution < -0.4 is 9.47 Å². The van der Waals surface area contributed by atoms with Crippen LogP contribution in [0.2, 0.25) is 5.02 Å². The van der Waals surface area contributed by atoms with Gasteiger partial charge in [0.15, 0.2) is 17.3 Å². The minimum absolute atomic E-state index is 0.0630. The second kappa shape index (κ2) is 4.98. The van der Waals surface area contributed by atoms with Crippen LogP contribution in [0.3, 0.4) is 0 Å². The van der Waals surface area contributed by atoms with E-state index in [1.165, 1.54) is 0 Å². The highest BCUT2D eigenvalue weighted by atomic mass is 35.5. The molecule has 0 spiro atoms. The van der Waals surface area contributed by atoms with E-state index in [-0.39, 0.29) is 24.0 Å². The van der Waals surface area contributed by atoms with E-state index < -0.39 is 5.97 Å². The molecule has 1 heterocycles. The number of ether oxygens (including phenoxy) is 2. The van der Waals surface area contributed by atoms with E-state index in [4.69, 9.17) is 26.2 Å². The van der Waals surface area contributed by atoms with Crippen molar-refractivity contribution < 1.29 is 24.2 Å². The predicted molar refractivity (Wildman–Crippen MR) is 70.6 cm³/mol. The van der Waals surface area contributed by atoms with E-state index >= 15 is 0 Å². The lowest BCUT2D eigenvalue weighted by Gasteiger charge is -2.20. The van der Waals surface area contributed by atoms with Gasteiger partial charge in [0.25, 0.3) is 0 Å². The second-order valence-electron chi connectivity index (χ2n) is 5.05. The lowest BCUT2D eigenvalue weighted by atomic mass is 10.0. The number of benzene rings is 1. The van der Waals surface area contributed by atoms with Gasteiger partial charge in [0.1, 0.15) is 13.2 Å². The fraction of sp³-hybridized carbons (Fsp3) is 0.429. The summed E-state index contributed by atoms with van der Waals surface area (Å²) >= 11 is 6.07. The van der Waals surface area contributed by atoms with Crippen molar-refractivity contribution in [2.24, 2.45) is 11.8 Å². The van der Waals surface area contributed by atoms with E-state index in [2.05, 4.69) is 0 Å². The molecule has 1 aromatic rings. The van der Waals surface area contributed by atoms with E-state index in [1.54, 1.807) is 12.1 Å². The van der Waals surface area contributed by atoms with E-state index in [0.717, 1.165) is 0 Å². The lowest BCUT2D eigenvalue weighted by Crippen LogP contribution is -2.16. The molecule has 1 aliphatic carbocycles. The molecule has 3 rings (SSSR count). The number of ketones is 1. The molecule has 6 heteroatoms. The van der Waals surface area contributed by atoms with Crippen LogP contribution in [0, 0.1) is 11.8 Å². The van der Waals surface area contributed by atoms with Crippen molar-refractivity contribution in [3.63, 3.8) is 0 Å². The summed E-state index contributed by atoms with van der Waals surface area (Å²) in [5, 5.41) is 9.18. The first-order valence-electron chi connectivity index (χ1n) is 6.41. The predicted octanol–water partition coefficient (Wildman–Crippen LogP) is 2.40. The topological polar surface area (TPSA) is 72.8 Å². The zero-order chi connectivity index (χ0) is 14.3. The number of carboxylic acid groups (broad SMARTS) is 1. The van der Waals surface area contributed by atoms with E-state index in [1.807, 2.05) is 0 Å². The van der Waals surface area contributed by atoms with Crippen molar-refractivity contribution in [2.75, 3.05) is 13.2 Å². The molecule has 0 amide bonds. The van der Waals surface area contributed by atoms with Crippen LogP contribution in [0.25, 0.3) is 0 Å². The molecule has 1 aliphatic heterocycles. The molecular formula is C14H13ClO5. The van der Waals surface area contributed by atoms with Gasteiger partial charge in [-0.3, -0.25) is 9.59 Å². The molecule has 2 atom stereocenters. The molecule has 1 N–H and O–H groups in total. The molecule has 1 fully saturated rings. The highest BCUT2D eigenvalue weighted by Gasteiger charge is 2.44. The summed E-state index contributed by atoms with van der Waals surface area (Å²) in [6, 6.07) is 3.16. The Kier molecular flexibility index (Phi) is 3.30. The fourth-order valence-electron chi connectivity index (χ4n) is 2.40. The Morgan fingerprint density at radius 3 is 2.75 bits per heavy atom. The van der Waals surface area contributed by atoms with Crippen molar-refractivity contribution in [3.05, 3.63) is 22.7 Å². The van der Waals surface area contributed by atoms with Gasteiger partial charge in [-0.1, -0.05) is 11.6 Å². The SMILES string of the molecule is O=C(C[C@H]1C[C@@H]1C(=O)O)c1cc(Cl)c2c(c1)OCCO2. The first-order chi connectivity index (χ1) is 9.56. The summed E-state index contributed by atoms with van der Waals surface area (Å²) in [6.45, 7) is 0.854. The van der Waals surface area contributed by atoms with Crippen molar-refractivity contribution >= 4 is 23.4 Å². The second-order valence-corrected chi connectivity index (χ2v) is 5.46. The Morgan fingerprint density at radius 1 is 1.30 bits per heavy atom. The Bertz CT molecular complexity index is 583. The molecular weight excluding hydrogens is 284 g/mol. The smallest absolute Gasteiger partial charge is 0.306 e. The van der Waals surface area contributed by atoms with Crippen molar-refractivity contribution in [3.8, 4) is 11.5 Å². The number of halogens is 1. The minimum atomic E-state index is -0.831. The molecule has 20 heavy (non-hydrogen) atoms. The molecule has 1 saturated carbocycles. The number of fused-ring (bicyclic) bond motifs is 1. The molecule has 0 bridgehead atoms. The molecule has 1 aromatic carbocycles. The van der Waals surface area contributed by atoms with Crippen LogP contribution in [-0.4, -0.2) is 30.1 Å². The highest BCUT2D eigenvalue weighted by Crippen LogP contribution is 2.43. The highest BCUT2D eigenvalue weighted by molar-refractivity contribution is 6.32. The molecule has 2 aliphatic rings. The van der Waals surface area contributed by atoms with Gasteiger partial charge in [0.2, 0.25) is 0 Å². The van der Waals surface area contributed by atoms with Crippen molar-refractivity contribution in [2.45, 2.75) is 12.8 Å².